The summed E-state index contributed by atoms with van der Waals surface area (Å²) >= 11 is 1.25. The van der Waals surface area contributed by atoms with Gasteiger partial charge in [-0.3, -0.25) is 4.79 Å². The molecule has 0 aliphatic carbocycles. The SMILES string of the molecule is CC(=O)SCCC#Cc1cnc(N)c(N)n1. The van der Waals surface area contributed by atoms with Gasteiger partial charge in [0.15, 0.2) is 16.8 Å². The van der Waals surface area contributed by atoms with Gasteiger partial charge in [0.25, 0.3) is 0 Å². The molecule has 84 valence electrons. The van der Waals surface area contributed by atoms with Crippen LogP contribution in [0.15, 0.2) is 6.20 Å². The van der Waals surface area contributed by atoms with Crippen molar-refractivity contribution >= 4 is 28.5 Å². The van der Waals surface area contributed by atoms with Crippen LogP contribution in [-0.2, 0) is 4.79 Å². The molecule has 1 aromatic rings. The van der Waals surface area contributed by atoms with Gasteiger partial charge in [0, 0.05) is 19.1 Å². The Morgan fingerprint density at radius 3 is 2.88 bits per heavy atom. The Bertz CT molecular complexity index is 450. The lowest BCUT2D eigenvalue weighted by atomic mass is 10.4. The molecular formula is C10H12N4OS. The fourth-order valence-corrected chi connectivity index (χ4v) is 1.36. The lowest BCUT2D eigenvalue weighted by Crippen LogP contribution is -2.01. The van der Waals surface area contributed by atoms with Crippen LogP contribution in [0.3, 0.4) is 0 Å². The summed E-state index contributed by atoms with van der Waals surface area (Å²) in [5.74, 6) is 6.76. The molecule has 0 spiro atoms. The molecule has 0 radical (unpaired) electrons. The van der Waals surface area contributed by atoms with Crippen LogP contribution < -0.4 is 11.5 Å². The van der Waals surface area contributed by atoms with E-state index in [4.69, 9.17) is 11.5 Å². The number of nitrogens with zero attached hydrogens (tertiary/aromatic N) is 2. The number of hydrogen-bond donors (Lipinski definition) is 2. The summed E-state index contributed by atoms with van der Waals surface area (Å²) < 4.78 is 0. The number of thioether (sulfide) groups is 1. The predicted octanol–water partition coefficient (Wildman–Crippen LogP) is 0.662. The molecule has 4 N–H and O–H groups in total. The van der Waals surface area contributed by atoms with Crippen LogP contribution >= 0.6 is 11.8 Å². The summed E-state index contributed by atoms with van der Waals surface area (Å²) in [5.41, 5.74) is 11.4. The van der Waals surface area contributed by atoms with Crippen molar-refractivity contribution in [3.8, 4) is 11.8 Å². The molecule has 0 saturated carbocycles. The number of aromatic nitrogens is 2. The minimum absolute atomic E-state index is 0.0957. The molecule has 0 saturated heterocycles. The maximum Gasteiger partial charge on any atom is 0.185 e. The van der Waals surface area contributed by atoms with E-state index in [9.17, 15) is 4.79 Å². The van der Waals surface area contributed by atoms with Crippen LogP contribution in [-0.4, -0.2) is 20.8 Å². The van der Waals surface area contributed by atoms with Crippen molar-refractivity contribution in [2.24, 2.45) is 0 Å². The van der Waals surface area contributed by atoms with Crippen LogP contribution in [0.4, 0.5) is 11.6 Å². The topological polar surface area (TPSA) is 94.9 Å². The Kier molecular flexibility index (Phi) is 4.61. The quantitative estimate of drug-likeness (QED) is 0.578. The molecule has 6 heteroatoms. The minimum atomic E-state index is 0.0957. The molecule has 1 heterocycles. The van der Waals surface area contributed by atoms with Crippen molar-refractivity contribution in [3.63, 3.8) is 0 Å². The Balaban J connectivity index is 2.50. The highest BCUT2D eigenvalue weighted by Crippen LogP contribution is 2.06. The molecule has 16 heavy (non-hydrogen) atoms. The molecule has 5 nitrogen and oxygen atoms in total. The Morgan fingerprint density at radius 2 is 2.25 bits per heavy atom. The number of nitrogens with two attached hydrogens (primary N) is 2. The second-order valence-electron chi connectivity index (χ2n) is 2.92. The molecule has 1 aromatic heterocycles. The van der Waals surface area contributed by atoms with Gasteiger partial charge in [-0.05, 0) is 5.92 Å². The summed E-state index contributed by atoms with van der Waals surface area (Å²) in [5, 5.41) is 0.0957. The molecule has 0 bridgehead atoms. The molecule has 0 atom stereocenters. The van der Waals surface area contributed by atoms with Crippen molar-refractivity contribution < 1.29 is 4.79 Å². The molecule has 0 aliphatic rings. The fourth-order valence-electron chi connectivity index (χ4n) is 0.872. The number of hydrogen-bond acceptors (Lipinski definition) is 6. The van der Waals surface area contributed by atoms with Gasteiger partial charge in [-0.15, -0.1) is 0 Å². The predicted molar refractivity (Wildman–Crippen MR) is 65.5 cm³/mol. The van der Waals surface area contributed by atoms with E-state index in [1.54, 1.807) is 0 Å². The second-order valence-corrected chi connectivity index (χ2v) is 4.19. The van der Waals surface area contributed by atoms with Gasteiger partial charge in [-0.2, -0.15) is 0 Å². The number of anilines is 2. The Morgan fingerprint density at radius 1 is 1.50 bits per heavy atom. The van der Waals surface area contributed by atoms with Gasteiger partial charge in [-0.1, -0.05) is 17.7 Å². The van der Waals surface area contributed by atoms with E-state index < -0.39 is 0 Å². The van der Waals surface area contributed by atoms with Crippen LogP contribution in [0.2, 0.25) is 0 Å². The van der Waals surface area contributed by atoms with Crippen LogP contribution in [0.1, 0.15) is 19.0 Å². The van der Waals surface area contributed by atoms with Crippen molar-refractivity contribution in [1.82, 2.24) is 9.97 Å². The van der Waals surface area contributed by atoms with Crippen molar-refractivity contribution in [3.05, 3.63) is 11.9 Å². The number of carbonyl (C=O) groups is 1. The van der Waals surface area contributed by atoms with Gasteiger partial charge >= 0.3 is 0 Å². The summed E-state index contributed by atoms with van der Waals surface area (Å²) in [7, 11) is 0. The number of carbonyl (C=O) groups excluding carboxylic acids is 1. The maximum atomic E-state index is 10.6. The van der Waals surface area contributed by atoms with Crippen LogP contribution in [0.25, 0.3) is 0 Å². The average molecular weight is 236 g/mol. The monoisotopic (exact) mass is 236 g/mol. The molecule has 0 unspecified atom stereocenters. The highest BCUT2D eigenvalue weighted by molar-refractivity contribution is 8.13. The number of nitrogen functional groups attached to an aromatic ring is 2. The summed E-state index contributed by atoms with van der Waals surface area (Å²) in [4.78, 5) is 18.4. The molecule has 1 rings (SSSR count). The third kappa shape index (κ3) is 4.19. The highest BCUT2D eigenvalue weighted by atomic mass is 32.2. The third-order valence-corrected chi connectivity index (χ3v) is 2.39. The smallest absolute Gasteiger partial charge is 0.185 e. The van der Waals surface area contributed by atoms with Gasteiger partial charge < -0.3 is 11.5 Å². The maximum absolute atomic E-state index is 10.6. The van der Waals surface area contributed by atoms with Gasteiger partial charge in [-0.25, -0.2) is 9.97 Å². The molecule has 0 aromatic carbocycles. The standard InChI is InChI=1S/C10H12N4OS/c1-7(15)16-5-3-2-4-8-6-13-9(11)10(12)14-8/h6H,3,5H2,1H3,(H2,11,13)(H2,12,14). The first-order valence-electron chi connectivity index (χ1n) is 4.60. The van der Waals surface area contributed by atoms with Gasteiger partial charge in [0.1, 0.15) is 5.69 Å². The zero-order valence-electron chi connectivity index (χ0n) is 8.86. The first kappa shape index (κ1) is 12.3. The lowest BCUT2D eigenvalue weighted by molar-refractivity contribution is -0.109. The zero-order valence-corrected chi connectivity index (χ0v) is 9.67. The first-order chi connectivity index (χ1) is 7.59. The first-order valence-corrected chi connectivity index (χ1v) is 5.58. The van der Waals surface area contributed by atoms with Crippen molar-refractivity contribution in [2.45, 2.75) is 13.3 Å². The normalized spacial score (nSPS) is 9.31. The summed E-state index contributed by atoms with van der Waals surface area (Å²) in [6.07, 6.45) is 2.09. The minimum Gasteiger partial charge on any atom is -0.381 e. The van der Waals surface area contributed by atoms with Crippen molar-refractivity contribution in [2.75, 3.05) is 17.2 Å². The Hall–Kier alpha value is -1.74. The van der Waals surface area contributed by atoms with Crippen LogP contribution in [0.5, 0.6) is 0 Å². The lowest BCUT2D eigenvalue weighted by Gasteiger charge is -1.96. The highest BCUT2D eigenvalue weighted by Gasteiger charge is 1.97. The molecular weight excluding hydrogens is 224 g/mol. The fraction of sp³-hybridized carbons (Fsp3) is 0.300. The Labute approximate surface area is 98.0 Å². The van der Waals surface area contributed by atoms with Gasteiger partial charge in [0.2, 0.25) is 0 Å². The van der Waals surface area contributed by atoms with E-state index in [1.165, 1.54) is 24.9 Å². The van der Waals surface area contributed by atoms with E-state index >= 15 is 0 Å². The molecule has 0 amide bonds. The number of rotatable bonds is 2. The van der Waals surface area contributed by atoms with Crippen molar-refractivity contribution in [1.29, 1.82) is 0 Å². The van der Waals surface area contributed by atoms with E-state index in [0.29, 0.717) is 17.9 Å². The van der Waals surface area contributed by atoms with E-state index in [0.717, 1.165) is 0 Å². The summed E-state index contributed by atoms with van der Waals surface area (Å²) in [6.45, 7) is 1.53. The van der Waals surface area contributed by atoms with Gasteiger partial charge in [0.05, 0.1) is 6.20 Å². The largest absolute Gasteiger partial charge is 0.381 e. The third-order valence-electron chi connectivity index (χ3n) is 1.58. The van der Waals surface area contributed by atoms with E-state index in [1.807, 2.05) is 0 Å². The molecule has 0 fully saturated rings. The average Bonchev–Trinajstić information content (AvgIpc) is 2.22. The van der Waals surface area contributed by atoms with E-state index in [-0.39, 0.29) is 16.8 Å². The summed E-state index contributed by atoms with van der Waals surface area (Å²) in [6, 6.07) is 0. The van der Waals surface area contributed by atoms with E-state index in [2.05, 4.69) is 21.8 Å². The zero-order chi connectivity index (χ0) is 12.0. The molecule has 0 aliphatic heterocycles. The second kappa shape index (κ2) is 5.98. The van der Waals surface area contributed by atoms with Crippen LogP contribution in [0, 0.1) is 11.8 Å².